The van der Waals surface area contributed by atoms with Gasteiger partial charge in [0.15, 0.2) is 0 Å². The van der Waals surface area contributed by atoms with Crippen LogP contribution in [-0.2, 0) is 0 Å². The molecule has 0 amide bonds. The van der Waals surface area contributed by atoms with Gasteiger partial charge >= 0.3 is 5.97 Å². The van der Waals surface area contributed by atoms with Gasteiger partial charge in [-0.15, -0.1) is 0 Å². The third kappa shape index (κ3) is 1.62. The molecule has 0 saturated heterocycles. The topological polar surface area (TPSA) is 66.0 Å². The van der Waals surface area contributed by atoms with Crippen LogP contribution < -0.4 is 12.4 Å². The molecule has 5 heteroatoms. The number of hydrogen-bond donors (Lipinski definition) is 2. The molecule has 1 heterocycles. The summed E-state index contributed by atoms with van der Waals surface area (Å²) in [6, 6.07) is 4.77. The molecule has 0 bridgehead atoms. The van der Waals surface area contributed by atoms with E-state index < -0.39 is 5.97 Å². The molecule has 4 nitrogen and oxygen atoms in total. The van der Waals surface area contributed by atoms with E-state index in [1.54, 1.807) is 12.1 Å². The number of halogens is 1. The first kappa shape index (κ1) is 9.54. The van der Waals surface area contributed by atoms with Crippen LogP contribution >= 0.6 is 0 Å². The first-order valence-corrected chi connectivity index (χ1v) is 3.44. The van der Waals surface area contributed by atoms with Crippen molar-refractivity contribution in [3.8, 4) is 0 Å². The summed E-state index contributed by atoms with van der Waals surface area (Å²) in [5.41, 5.74) is 1.79. The second kappa shape index (κ2) is 3.45. The molecule has 0 spiro atoms. The second-order valence-electron chi connectivity index (χ2n) is 2.44. The number of aromatic amines is 1. The average Bonchev–Trinajstić information content (AvgIpc) is 2.49. The predicted octanol–water partition coefficient (Wildman–Crippen LogP) is -1.73. The van der Waals surface area contributed by atoms with Crippen molar-refractivity contribution in [2.45, 2.75) is 0 Å². The summed E-state index contributed by atoms with van der Waals surface area (Å²) in [7, 11) is 0. The molecule has 0 aliphatic carbocycles. The van der Waals surface area contributed by atoms with Gasteiger partial charge < -0.3 is 22.5 Å². The van der Waals surface area contributed by atoms with Gasteiger partial charge in [0.05, 0.1) is 22.9 Å². The van der Waals surface area contributed by atoms with E-state index >= 15 is 0 Å². The van der Waals surface area contributed by atoms with E-state index in [0.29, 0.717) is 0 Å². The number of carboxylic acids is 1. The van der Waals surface area contributed by atoms with E-state index in [1.165, 1.54) is 12.4 Å². The van der Waals surface area contributed by atoms with Gasteiger partial charge in [-0.05, 0) is 18.2 Å². The number of hydrogen-bond acceptors (Lipinski definition) is 2. The Morgan fingerprint density at radius 2 is 2.23 bits per heavy atom. The molecule has 0 unspecified atom stereocenters. The minimum absolute atomic E-state index is 0. The number of benzene rings is 1. The number of nitrogens with one attached hydrogen (secondary N) is 1. The third-order valence-corrected chi connectivity index (χ3v) is 1.67. The van der Waals surface area contributed by atoms with Crippen LogP contribution in [0.2, 0.25) is 0 Å². The maximum atomic E-state index is 10.5. The van der Waals surface area contributed by atoms with E-state index in [0.717, 1.165) is 11.0 Å². The van der Waals surface area contributed by atoms with Crippen molar-refractivity contribution in [3.63, 3.8) is 0 Å². The van der Waals surface area contributed by atoms with Gasteiger partial charge in [0.2, 0.25) is 0 Å². The number of H-pyrrole nitrogens is 1. The minimum atomic E-state index is -0.925. The highest BCUT2D eigenvalue weighted by Gasteiger charge is 2.03. The fourth-order valence-corrected chi connectivity index (χ4v) is 1.07. The molecule has 2 aromatic rings. The molecule has 1 aromatic heterocycles. The highest BCUT2D eigenvalue weighted by atomic mass is 35.5. The quantitative estimate of drug-likeness (QED) is 0.571. The number of carboxylic acid groups (broad SMARTS) is 1. The van der Waals surface area contributed by atoms with E-state index in [2.05, 4.69) is 9.97 Å². The first-order chi connectivity index (χ1) is 5.77. The van der Waals surface area contributed by atoms with Crippen molar-refractivity contribution in [1.29, 1.82) is 0 Å². The molecule has 0 atom stereocenters. The molecule has 0 aliphatic rings. The van der Waals surface area contributed by atoms with E-state index in [9.17, 15) is 4.79 Å². The van der Waals surface area contributed by atoms with Crippen molar-refractivity contribution in [2.75, 3.05) is 0 Å². The van der Waals surface area contributed by atoms with E-state index in [4.69, 9.17) is 5.11 Å². The van der Waals surface area contributed by atoms with Crippen molar-refractivity contribution >= 4 is 17.0 Å². The fraction of sp³-hybridized carbons (Fsp3) is 0. The number of aromatic nitrogens is 2. The van der Waals surface area contributed by atoms with Crippen LogP contribution in [0.3, 0.4) is 0 Å². The molecule has 68 valence electrons. The zero-order valence-corrected chi connectivity index (χ0v) is 7.25. The summed E-state index contributed by atoms with van der Waals surface area (Å²) < 4.78 is 0. The Hall–Kier alpha value is -1.55. The molecule has 0 fully saturated rings. The fourth-order valence-electron chi connectivity index (χ4n) is 1.07. The number of fused-ring (bicyclic) bond motifs is 1. The predicted molar refractivity (Wildman–Crippen MR) is 43.1 cm³/mol. The standard InChI is InChI=1S/C8H6N2O2.ClH/c11-8(12)5-1-2-6-7(3-5)10-4-9-6;/h1-4H,(H,9,10)(H,11,12);1H/p-1. The third-order valence-electron chi connectivity index (χ3n) is 1.67. The van der Waals surface area contributed by atoms with Crippen molar-refractivity contribution in [3.05, 3.63) is 30.1 Å². The van der Waals surface area contributed by atoms with E-state index in [1.807, 2.05) is 0 Å². The first-order valence-electron chi connectivity index (χ1n) is 3.44. The molecule has 1 aromatic carbocycles. The monoisotopic (exact) mass is 197 g/mol. The Bertz CT molecular complexity index is 438. The molecular weight excluding hydrogens is 192 g/mol. The summed E-state index contributed by atoms with van der Waals surface area (Å²) in [5, 5.41) is 8.65. The van der Waals surface area contributed by atoms with Crippen LogP contribution in [-0.4, -0.2) is 21.0 Å². The summed E-state index contributed by atoms with van der Waals surface area (Å²) in [5.74, 6) is -0.925. The normalized spacial score (nSPS) is 9.54. The molecule has 0 radical (unpaired) electrons. The van der Waals surface area contributed by atoms with Crippen LogP contribution in [0.15, 0.2) is 24.5 Å². The zero-order valence-electron chi connectivity index (χ0n) is 6.49. The second-order valence-corrected chi connectivity index (χ2v) is 2.44. The van der Waals surface area contributed by atoms with Gasteiger partial charge in [0.25, 0.3) is 0 Å². The number of carbonyl (C=O) groups is 1. The van der Waals surface area contributed by atoms with Crippen LogP contribution in [0.1, 0.15) is 10.4 Å². The molecule has 13 heavy (non-hydrogen) atoms. The molecule has 0 aliphatic heterocycles. The minimum Gasteiger partial charge on any atom is -1.00 e. The number of imidazole rings is 1. The lowest BCUT2D eigenvalue weighted by Crippen LogP contribution is -3.00. The number of nitrogens with zero attached hydrogens (tertiary/aromatic N) is 1. The van der Waals surface area contributed by atoms with Crippen LogP contribution in [0.4, 0.5) is 0 Å². The highest BCUT2D eigenvalue weighted by Crippen LogP contribution is 2.10. The van der Waals surface area contributed by atoms with Crippen LogP contribution in [0.25, 0.3) is 11.0 Å². The number of rotatable bonds is 1. The smallest absolute Gasteiger partial charge is 0.335 e. The maximum Gasteiger partial charge on any atom is 0.335 e. The van der Waals surface area contributed by atoms with Gasteiger partial charge in [-0.2, -0.15) is 0 Å². The van der Waals surface area contributed by atoms with Gasteiger partial charge in [0, 0.05) is 0 Å². The molecule has 0 saturated carbocycles. The Labute approximate surface area is 80.0 Å². The average molecular weight is 198 g/mol. The molecular formula is C8H6ClN2O2-. The van der Waals surface area contributed by atoms with Gasteiger partial charge in [-0.3, -0.25) is 0 Å². The highest BCUT2D eigenvalue weighted by molar-refractivity contribution is 5.92. The Morgan fingerprint density at radius 1 is 1.46 bits per heavy atom. The summed E-state index contributed by atoms with van der Waals surface area (Å²) in [6.07, 6.45) is 1.54. The molecule has 2 N–H and O–H groups in total. The van der Waals surface area contributed by atoms with Crippen LogP contribution in [0.5, 0.6) is 0 Å². The van der Waals surface area contributed by atoms with E-state index in [-0.39, 0.29) is 18.0 Å². The van der Waals surface area contributed by atoms with Crippen molar-refractivity contribution in [1.82, 2.24) is 9.97 Å². The SMILES string of the molecule is O=C(O)c1ccc2nc[nH]c2c1.[Cl-]. The van der Waals surface area contributed by atoms with Crippen molar-refractivity contribution in [2.24, 2.45) is 0 Å². The van der Waals surface area contributed by atoms with Gasteiger partial charge in [-0.25, -0.2) is 9.78 Å². The number of aromatic carboxylic acids is 1. The summed E-state index contributed by atoms with van der Waals surface area (Å²) in [6.45, 7) is 0. The van der Waals surface area contributed by atoms with Gasteiger partial charge in [0.1, 0.15) is 0 Å². The zero-order chi connectivity index (χ0) is 8.55. The lowest BCUT2D eigenvalue weighted by molar-refractivity contribution is -0.0000181. The summed E-state index contributed by atoms with van der Waals surface area (Å²) in [4.78, 5) is 17.3. The van der Waals surface area contributed by atoms with Gasteiger partial charge in [-0.1, -0.05) is 0 Å². The Kier molecular flexibility index (Phi) is 2.53. The largest absolute Gasteiger partial charge is 1.00 e. The Morgan fingerprint density at radius 3 is 2.92 bits per heavy atom. The lowest BCUT2D eigenvalue weighted by atomic mass is 10.2. The molecule has 2 rings (SSSR count). The Balaban J connectivity index is 0.000000845. The van der Waals surface area contributed by atoms with Crippen LogP contribution in [0, 0.1) is 0 Å². The lowest BCUT2D eigenvalue weighted by Gasteiger charge is -1.92. The maximum absolute atomic E-state index is 10.5. The van der Waals surface area contributed by atoms with Crippen molar-refractivity contribution < 1.29 is 22.3 Å². The summed E-state index contributed by atoms with van der Waals surface area (Å²) >= 11 is 0.